The van der Waals surface area contributed by atoms with Crippen LogP contribution in [-0.2, 0) is 13.0 Å². The van der Waals surface area contributed by atoms with Gasteiger partial charge in [0, 0.05) is 18.3 Å². The standard InChI is InChI=1S/C17H28N2O/c1-4-13-7-6-8-16(10-13)20-17-11-14(12-18-3)9-15(5-2)19-17/h9,11,13,16,18H,4-8,10,12H2,1-3H3. The lowest BCUT2D eigenvalue weighted by atomic mass is 9.85. The largest absolute Gasteiger partial charge is 0.474 e. The van der Waals surface area contributed by atoms with Crippen LogP contribution in [-0.4, -0.2) is 18.1 Å². The van der Waals surface area contributed by atoms with E-state index in [1.807, 2.05) is 7.05 Å². The zero-order valence-corrected chi connectivity index (χ0v) is 13.1. The van der Waals surface area contributed by atoms with Gasteiger partial charge in [-0.25, -0.2) is 4.98 Å². The topological polar surface area (TPSA) is 34.1 Å². The van der Waals surface area contributed by atoms with Gasteiger partial charge >= 0.3 is 0 Å². The van der Waals surface area contributed by atoms with Crippen molar-refractivity contribution < 1.29 is 4.74 Å². The van der Waals surface area contributed by atoms with Gasteiger partial charge in [0.15, 0.2) is 0 Å². The van der Waals surface area contributed by atoms with Crippen LogP contribution in [0.1, 0.15) is 57.2 Å². The van der Waals surface area contributed by atoms with Crippen molar-refractivity contribution in [3.63, 3.8) is 0 Å². The molecule has 1 saturated carbocycles. The second-order valence-electron chi connectivity index (χ2n) is 5.87. The highest BCUT2D eigenvalue weighted by Gasteiger charge is 2.22. The van der Waals surface area contributed by atoms with Gasteiger partial charge in [-0.3, -0.25) is 0 Å². The number of ether oxygens (including phenoxy) is 1. The van der Waals surface area contributed by atoms with Gasteiger partial charge in [0.25, 0.3) is 0 Å². The van der Waals surface area contributed by atoms with Crippen LogP contribution in [0.4, 0.5) is 0 Å². The van der Waals surface area contributed by atoms with E-state index in [4.69, 9.17) is 4.74 Å². The van der Waals surface area contributed by atoms with Crippen LogP contribution in [0.3, 0.4) is 0 Å². The van der Waals surface area contributed by atoms with Crippen LogP contribution in [0.15, 0.2) is 12.1 Å². The monoisotopic (exact) mass is 276 g/mol. The third-order valence-electron chi connectivity index (χ3n) is 4.26. The highest BCUT2D eigenvalue weighted by Crippen LogP contribution is 2.29. The van der Waals surface area contributed by atoms with Crippen molar-refractivity contribution in [3.05, 3.63) is 23.4 Å². The van der Waals surface area contributed by atoms with Crippen molar-refractivity contribution in [2.24, 2.45) is 5.92 Å². The molecule has 1 aliphatic rings. The van der Waals surface area contributed by atoms with Crippen molar-refractivity contribution >= 4 is 0 Å². The molecular formula is C17H28N2O. The van der Waals surface area contributed by atoms with Gasteiger partial charge in [0.1, 0.15) is 6.10 Å². The van der Waals surface area contributed by atoms with Gasteiger partial charge in [0.2, 0.25) is 5.88 Å². The summed E-state index contributed by atoms with van der Waals surface area (Å²) in [5, 5.41) is 3.20. The number of aromatic nitrogens is 1. The van der Waals surface area contributed by atoms with E-state index in [1.165, 1.54) is 37.7 Å². The van der Waals surface area contributed by atoms with Crippen LogP contribution >= 0.6 is 0 Å². The lowest BCUT2D eigenvalue weighted by Gasteiger charge is -2.28. The first kappa shape index (κ1) is 15.3. The maximum atomic E-state index is 6.18. The number of pyridine rings is 1. The minimum atomic E-state index is 0.357. The Bertz CT molecular complexity index is 419. The van der Waals surface area contributed by atoms with Gasteiger partial charge in [-0.05, 0) is 50.3 Å². The molecule has 0 amide bonds. The van der Waals surface area contributed by atoms with E-state index in [2.05, 4.69) is 36.3 Å². The fraction of sp³-hybridized carbons (Fsp3) is 0.706. The van der Waals surface area contributed by atoms with Gasteiger partial charge in [-0.2, -0.15) is 0 Å². The smallest absolute Gasteiger partial charge is 0.214 e. The molecule has 0 aromatic carbocycles. The Hall–Kier alpha value is -1.09. The average Bonchev–Trinajstić information content (AvgIpc) is 2.47. The van der Waals surface area contributed by atoms with E-state index >= 15 is 0 Å². The molecule has 112 valence electrons. The van der Waals surface area contributed by atoms with Crippen molar-refractivity contribution in [1.82, 2.24) is 10.3 Å². The van der Waals surface area contributed by atoms with E-state index < -0.39 is 0 Å². The SMILES string of the molecule is CCc1cc(CNC)cc(OC2CCCC(CC)C2)n1. The Morgan fingerprint density at radius 2 is 2.15 bits per heavy atom. The summed E-state index contributed by atoms with van der Waals surface area (Å²) in [6.07, 6.45) is 7.61. The number of hydrogen-bond donors (Lipinski definition) is 1. The number of nitrogens with one attached hydrogen (secondary N) is 1. The number of nitrogens with zero attached hydrogens (tertiary/aromatic N) is 1. The molecule has 1 aromatic rings. The molecule has 0 aliphatic heterocycles. The molecular weight excluding hydrogens is 248 g/mol. The van der Waals surface area contributed by atoms with E-state index in [0.717, 1.165) is 30.5 Å². The lowest BCUT2D eigenvalue weighted by molar-refractivity contribution is 0.117. The molecule has 1 heterocycles. The third-order valence-corrected chi connectivity index (χ3v) is 4.26. The molecule has 1 fully saturated rings. The molecule has 1 aliphatic carbocycles. The molecule has 3 nitrogen and oxygen atoms in total. The Kier molecular flexibility index (Phi) is 5.84. The van der Waals surface area contributed by atoms with Crippen molar-refractivity contribution in [2.75, 3.05) is 7.05 Å². The Morgan fingerprint density at radius 3 is 2.85 bits per heavy atom. The first-order chi connectivity index (χ1) is 9.75. The van der Waals surface area contributed by atoms with Crippen LogP contribution in [0.2, 0.25) is 0 Å². The summed E-state index contributed by atoms with van der Waals surface area (Å²) in [7, 11) is 1.97. The highest BCUT2D eigenvalue weighted by atomic mass is 16.5. The van der Waals surface area contributed by atoms with Gasteiger partial charge in [-0.15, -0.1) is 0 Å². The summed E-state index contributed by atoms with van der Waals surface area (Å²) in [5.74, 6) is 1.65. The average molecular weight is 276 g/mol. The molecule has 3 heteroatoms. The van der Waals surface area contributed by atoms with Crippen molar-refractivity contribution in [1.29, 1.82) is 0 Å². The minimum Gasteiger partial charge on any atom is -0.474 e. The van der Waals surface area contributed by atoms with E-state index in [0.29, 0.717) is 6.10 Å². The van der Waals surface area contributed by atoms with Crippen LogP contribution in [0.25, 0.3) is 0 Å². The van der Waals surface area contributed by atoms with Gasteiger partial charge in [0.05, 0.1) is 0 Å². The maximum absolute atomic E-state index is 6.18. The van der Waals surface area contributed by atoms with Crippen molar-refractivity contribution in [3.8, 4) is 5.88 Å². The first-order valence-electron chi connectivity index (χ1n) is 8.06. The summed E-state index contributed by atoms with van der Waals surface area (Å²) in [6, 6.07) is 4.25. The molecule has 0 spiro atoms. The normalized spacial score (nSPS) is 22.8. The van der Waals surface area contributed by atoms with Crippen LogP contribution in [0.5, 0.6) is 5.88 Å². The second-order valence-corrected chi connectivity index (χ2v) is 5.87. The minimum absolute atomic E-state index is 0.357. The fourth-order valence-corrected chi connectivity index (χ4v) is 3.06. The second kappa shape index (κ2) is 7.63. The summed E-state index contributed by atoms with van der Waals surface area (Å²) < 4.78 is 6.18. The fourth-order valence-electron chi connectivity index (χ4n) is 3.06. The van der Waals surface area contributed by atoms with Gasteiger partial charge in [-0.1, -0.05) is 26.7 Å². The lowest BCUT2D eigenvalue weighted by Crippen LogP contribution is -2.25. The molecule has 1 N–H and O–H groups in total. The molecule has 1 aromatic heterocycles. The van der Waals surface area contributed by atoms with E-state index in [1.54, 1.807) is 0 Å². The molecule has 0 saturated heterocycles. The molecule has 0 radical (unpaired) electrons. The zero-order chi connectivity index (χ0) is 14.4. The number of hydrogen-bond acceptors (Lipinski definition) is 3. The van der Waals surface area contributed by atoms with E-state index in [-0.39, 0.29) is 0 Å². The number of aryl methyl sites for hydroxylation is 1. The predicted octanol–water partition coefficient (Wildman–Crippen LogP) is 3.71. The quantitative estimate of drug-likeness (QED) is 0.860. The Morgan fingerprint density at radius 1 is 1.30 bits per heavy atom. The first-order valence-corrected chi connectivity index (χ1v) is 8.06. The van der Waals surface area contributed by atoms with Crippen LogP contribution in [0, 0.1) is 5.92 Å². The highest BCUT2D eigenvalue weighted by molar-refractivity contribution is 5.25. The maximum Gasteiger partial charge on any atom is 0.214 e. The van der Waals surface area contributed by atoms with E-state index in [9.17, 15) is 0 Å². The Labute approximate surface area is 123 Å². The van der Waals surface area contributed by atoms with Gasteiger partial charge < -0.3 is 10.1 Å². The number of rotatable bonds is 6. The molecule has 2 atom stereocenters. The third kappa shape index (κ3) is 4.20. The summed E-state index contributed by atoms with van der Waals surface area (Å²) >= 11 is 0. The Balaban J connectivity index is 2.05. The summed E-state index contributed by atoms with van der Waals surface area (Å²) in [5.41, 5.74) is 2.38. The molecule has 20 heavy (non-hydrogen) atoms. The summed E-state index contributed by atoms with van der Waals surface area (Å²) in [6.45, 7) is 5.30. The molecule has 0 bridgehead atoms. The predicted molar refractivity (Wildman–Crippen MR) is 83.0 cm³/mol. The van der Waals surface area contributed by atoms with Crippen LogP contribution < -0.4 is 10.1 Å². The molecule has 2 unspecified atom stereocenters. The van der Waals surface area contributed by atoms with Crippen molar-refractivity contribution in [2.45, 2.75) is 65.0 Å². The molecule has 2 rings (SSSR count). The zero-order valence-electron chi connectivity index (χ0n) is 13.1. The summed E-state index contributed by atoms with van der Waals surface area (Å²) in [4.78, 5) is 4.63.